The van der Waals surface area contributed by atoms with Crippen LogP contribution in [0.3, 0.4) is 0 Å². The van der Waals surface area contributed by atoms with Gasteiger partial charge in [0.05, 0.1) is 5.92 Å². The predicted octanol–water partition coefficient (Wildman–Crippen LogP) is 2.95. The van der Waals surface area contributed by atoms with Crippen LogP contribution >= 0.6 is 0 Å². The Morgan fingerprint density at radius 2 is 1.91 bits per heavy atom. The van der Waals surface area contributed by atoms with E-state index in [1.807, 2.05) is 0 Å². The molecule has 0 unspecified atom stereocenters. The van der Waals surface area contributed by atoms with Gasteiger partial charge in [-0.2, -0.15) is 0 Å². The first-order valence-corrected chi connectivity index (χ1v) is 7.59. The number of benzene rings is 1. The molecule has 5 heteroatoms. The lowest BCUT2D eigenvalue weighted by atomic mass is 10.1. The maximum Gasteiger partial charge on any atom is 0.309 e. The minimum absolute atomic E-state index is 0.0724. The number of ether oxygens (including phenoxy) is 1. The summed E-state index contributed by atoms with van der Waals surface area (Å²) in [7, 11) is 0. The molecule has 1 aromatic carbocycles. The van der Waals surface area contributed by atoms with E-state index in [4.69, 9.17) is 4.74 Å². The maximum absolute atomic E-state index is 12.1. The molecule has 1 atom stereocenters. The lowest BCUT2D eigenvalue weighted by molar-refractivity contribution is -0.157. The molecule has 1 aliphatic rings. The van der Waals surface area contributed by atoms with Gasteiger partial charge in [-0.3, -0.25) is 14.4 Å². The summed E-state index contributed by atoms with van der Waals surface area (Å²) in [5, 5.41) is 2.66. The van der Waals surface area contributed by atoms with Crippen LogP contribution < -0.4 is 5.32 Å². The Kier molecular flexibility index (Phi) is 5.31. The zero-order valence-electron chi connectivity index (χ0n) is 12.9. The topological polar surface area (TPSA) is 72.5 Å². The van der Waals surface area contributed by atoms with Crippen LogP contribution in [0.2, 0.25) is 0 Å². The fourth-order valence-corrected chi connectivity index (χ4v) is 2.55. The van der Waals surface area contributed by atoms with Gasteiger partial charge in [0.15, 0.2) is 11.9 Å². The lowest BCUT2D eigenvalue weighted by Crippen LogP contribution is -2.31. The third-order valence-corrected chi connectivity index (χ3v) is 3.89. The molecule has 0 saturated heterocycles. The number of ketones is 1. The van der Waals surface area contributed by atoms with E-state index in [9.17, 15) is 14.4 Å². The number of nitrogens with one attached hydrogen (secondary N) is 1. The summed E-state index contributed by atoms with van der Waals surface area (Å²) in [6.07, 6.45) is 2.91. The maximum atomic E-state index is 12.1. The molecule has 1 fully saturated rings. The first kappa shape index (κ1) is 16.2. The highest BCUT2D eigenvalue weighted by Crippen LogP contribution is 2.26. The van der Waals surface area contributed by atoms with Gasteiger partial charge in [0.2, 0.25) is 0 Å². The monoisotopic (exact) mass is 303 g/mol. The molecule has 0 radical (unpaired) electrons. The van der Waals surface area contributed by atoms with E-state index >= 15 is 0 Å². The Balaban J connectivity index is 1.92. The Labute approximate surface area is 130 Å². The van der Waals surface area contributed by atoms with Crippen molar-refractivity contribution in [1.82, 2.24) is 0 Å². The smallest absolute Gasteiger partial charge is 0.309 e. The number of hydrogen-bond donors (Lipinski definition) is 1. The molecule has 118 valence electrons. The van der Waals surface area contributed by atoms with Crippen LogP contribution in [-0.2, 0) is 14.3 Å². The molecule has 0 spiro atoms. The molecule has 0 aliphatic heterocycles. The number of rotatable bonds is 5. The highest BCUT2D eigenvalue weighted by molar-refractivity contribution is 5.98. The quantitative estimate of drug-likeness (QED) is 0.670. The first-order valence-electron chi connectivity index (χ1n) is 7.59. The molecule has 1 amide bonds. The second kappa shape index (κ2) is 7.20. The van der Waals surface area contributed by atoms with Gasteiger partial charge in [-0.1, -0.05) is 25.0 Å². The lowest BCUT2D eigenvalue weighted by Gasteiger charge is -2.16. The predicted molar refractivity (Wildman–Crippen MR) is 82.6 cm³/mol. The molecule has 1 aliphatic carbocycles. The van der Waals surface area contributed by atoms with Crippen molar-refractivity contribution in [2.24, 2.45) is 5.92 Å². The summed E-state index contributed by atoms with van der Waals surface area (Å²) in [4.78, 5) is 35.3. The molecule has 22 heavy (non-hydrogen) atoms. The van der Waals surface area contributed by atoms with Crippen LogP contribution in [0.5, 0.6) is 0 Å². The largest absolute Gasteiger partial charge is 0.452 e. The molecular formula is C17H21NO4. The Bertz CT molecular complexity index is 576. The number of anilines is 1. The van der Waals surface area contributed by atoms with Gasteiger partial charge >= 0.3 is 5.97 Å². The number of carbonyl (C=O) groups excluding carboxylic acids is 3. The summed E-state index contributed by atoms with van der Waals surface area (Å²) < 4.78 is 5.23. The van der Waals surface area contributed by atoms with Gasteiger partial charge in [-0.05, 0) is 38.8 Å². The van der Waals surface area contributed by atoms with Gasteiger partial charge in [-0.25, -0.2) is 0 Å². The molecular weight excluding hydrogens is 282 g/mol. The van der Waals surface area contributed by atoms with Crippen LogP contribution in [0, 0.1) is 5.92 Å². The number of hydrogen-bond acceptors (Lipinski definition) is 4. The van der Waals surface area contributed by atoms with Crippen molar-refractivity contribution in [2.45, 2.75) is 45.6 Å². The summed E-state index contributed by atoms with van der Waals surface area (Å²) in [6.45, 7) is 3.02. The van der Waals surface area contributed by atoms with Gasteiger partial charge < -0.3 is 10.1 Å². The molecule has 0 bridgehead atoms. The number of amides is 1. The average molecular weight is 303 g/mol. The molecule has 1 N–H and O–H groups in total. The third-order valence-electron chi connectivity index (χ3n) is 3.89. The molecule has 2 rings (SSSR count). The highest BCUT2D eigenvalue weighted by atomic mass is 16.5. The summed E-state index contributed by atoms with van der Waals surface area (Å²) in [5.41, 5.74) is 1.04. The Hall–Kier alpha value is -2.17. The summed E-state index contributed by atoms with van der Waals surface area (Å²) in [6, 6.07) is 6.67. The van der Waals surface area contributed by atoms with Crippen LogP contribution in [0.15, 0.2) is 24.3 Å². The minimum atomic E-state index is -0.853. The molecule has 1 saturated carbocycles. The van der Waals surface area contributed by atoms with E-state index < -0.39 is 12.0 Å². The first-order chi connectivity index (χ1) is 10.5. The van der Waals surface area contributed by atoms with Crippen LogP contribution in [0.1, 0.15) is 49.9 Å². The van der Waals surface area contributed by atoms with Crippen molar-refractivity contribution in [1.29, 1.82) is 0 Å². The zero-order chi connectivity index (χ0) is 16.1. The van der Waals surface area contributed by atoms with Crippen molar-refractivity contribution in [3.05, 3.63) is 29.8 Å². The van der Waals surface area contributed by atoms with E-state index in [0.717, 1.165) is 25.7 Å². The molecule has 0 aromatic heterocycles. The fourth-order valence-electron chi connectivity index (χ4n) is 2.55. The zero-order valence-corrected chi connectivity index (χ0v) is 12.9. The minimum Gasteiger partial charge on any atom is -0.452 e. The van der Waals surface area contributed by atoms with Crippen molar-refractivity contribution < 1.29 is 19.1 Å². The summed E-state index contributed by atoms with van der Waals surface area (Å²) in [5.74, 6) is -0.835. The molecule has 5 nitrogen and oxygen atoms in total. The number of carbonyl (C=O) groups is 3. The van der Waals surface area contributed by atoms with Gasteiger partial charge in [-0.15, -0.1) is 0 Å². The van der Waals surface area contributed by atoms with Crippen LogP contribution in [0.25, 0.3) is 0 Å². The van der Waals surface area contributed by atoms with Crippen molar-refractivity contribution in [3.8, 4) is 0 Å². The van der Waals surface area contributed by atoms with Crippen molar-refractivity contribution in [3.63, 3.8) is 0 Å². The second-order valence-corrected chi connectivity index (χ2v) is 5.69. The van der Waals surface area contributed by atoms with Crippen molar-refractivity contribution in [2.75, 3.05) is 5.32 Å². The SMILES string of the molecule is CC(=O)c1cccc(NC(=O)[C@H](C)OC(=O)C2CCCC2)c1. The Morgan fingerprint density at radius 1 is 1.23 bits per heavy atom. The van der Waals surface area contributed by atoms with Gasteiger partial charge in [0.1, 0.15) is 0 Å². The number of Topliss-reactive ketones (excluding diaryl/α,β-unsaturated/α-hetero) is 1. The van der Waals surface area contributed by atoms with Gasteiger partial charge in [0.25, 0.3) is 5.91 Å². The van der Waals surface area contributed by atoms with E-state index in [2.05, 4.69) is 5.32 Å². The van der Waals surface area contributed by atoms with E-state index in [-0.39, 0.29) is 17.7 Å². The van der Waals surface area contributed by atoms with E-state index in [1.54, 1.807) is 31.2 Å². The normalized spacial score (nSPS) is 16.1. The summed E-state index contributed by atoms with van der Waals surface area (Å²) >= 11 is 0. The Morgan fingerprint density at radius 3 is 2.55 bits per heavy atom. The number of esters is 1. The van der Waals surface area contributed by atoms with Crippen LogP contribution in [0.4, 0.5) is 5.69 Å². The molecule has 0 heterocycles. The average Bonchev–Trinajstić information content (AvgIpc) is 3.01. The standard InChI is InChI=1S/C17H21NO4/c1-11(19)14-8-5-9-15(10-14)18-16(20)12(2)22-17(21)13-6-3-4-7-13/h5,8-10,12-13H,3-4,6-7H2,1-2H3,(H,18,20)/t12-/m0/s1. The second-order valence-electron chi connectivity index (χ2n) is 5.69. The molecule has 1 aromatic rings. The highest BCUT2D eigenvalue weighted by Gasteiger charge is 2.27. The van der Waals surface area contributed by atoms with E-state index in [0.29, 0.717) is 11.3 Å². The van der Waals surface area contributed by atoms with Gasteiger partial charge in [0, 0.05) is 11.3 Å². The third kappa shape index (κ3) is 4.16. The fraction of sp³-hybridized carbons (Fsp3) is 0.471. The van der Waals surface area contributed by atoms with E-state index in [1.165, 1.54) is 6.92 Å². The van der Waals surface area contributed by atoms with Crippen molar-refractivity contribution >= 4 is 23.3 Å². The van der Waals surface area contributed by atoms with Crippen LogP contribution in [-0.4, -0.2) is 23.8 Å².